The first-order valence-corrected chi connectivity index (χ1v) is 10.3. The zero-order valence-corrected chi connectivity index (χ0v) is 17.4. The zero-order valence-electron chi connectivity index (χ0n) is 17.4. The zero-order chi connectivity index (χ0) is 21.5. The minimum atomic E-state index is -0.285. The van der Waals surface area contributed by atoms with E-state index in [0.717, 1.165) is 48.2 Å². The molecule has 0 atom stereocenters. The van der Waals surface area contributed by atoms with E-state index in [9.17, 15) is 4.39 Å². The van der Waals surface area contributed by atoms with E-state index >= 15 is 0 Å². The van der Waals surface area contributed by atoms with Gasteiger partial charge < -0.3 is 24.5 Å². The Hall–Kier alpha value is -3.55. The molecule has 2 aromatic carbocycles. The fourth-order valence-corrected chi connectivity index (χ4v) is 3.19. The normalized spacial score (nSPS) is 12.8. The Balaban J connectivity index is 1.27. The smallest absolute Gasteiger partial charge is 0.231 e. The van der Waals surface area contributed by atoms with Crippen molar-refractivity contribution < 1.29 is 18.3 Å². The molecule has 4 rings (SSSR count). The third-order valence-electron chi connectivity index (χ3n) is 4.77. The van der Waals surface area contributed by atoms with Crippen LogP contribution in [0.4, 0.5) is 4.39 Å². The molecule has 1 aliphatic heterocycles. The van der Waals surface area contributed by atoms with E-state index in [2.05, 4.69) is 20.6 Å². The van der Waals surface area contributed by atoms with Crippen molar-refractivity contribution in [3.63, 3.8) is 0 Å². The van der Waals surface area contributed by atoms with Crippen LogP contribution in [0, 0.1) is 5.82 Å². The maximum Gasteiger partial charge on any atom is 0.231 e. The van der Waals surface area contributed by atoms with Gasteiger partial charge in [0.2, 0.25) is 12.7 Å². The summed E-state index contributed by atoms with van der Waals surface area (Å²) in [6.07, 6.45) is 3.10. The summed E-state index contributed by atoms with van der Waals surface area (Å²) < 4.78 is 29.3. The van der Waals surface area contributed by atoms with Crippen LogP contribution in [-0.4, -0.2) is 37.4 Å². The number of fused-ring (bicyclic) bond motifs is 1. The average Bonchev–Trinajstić information content (AvgIpc) is 3.43. The molecular formula is C23H25FN4O3. The Morgan fingerprint density at radius 3 is 2.74 bits per heavy atom. The molecule has 8 heteroatoms. The van der Waals surface area contributed by atoms with Gasteiger partial charge in [-0.2, -0.15) is 0 Å². The molecule has 2 heterocycles. The molecule has 0 saturated carbocycles. The van der Waals surface area contributed by atoms with Crippen molar-refractivity contribution in [2.75, 3.05) is 26.4 Å². The van der Waals surface area contributed by atoms with Gasteiger partial charge in [0.15, 0.2) is 17.5 Å². The van der Waals surface area contributed by atoms with Gasteiger partial charge in [0.05, 0.1) is 5.69 Å². The van der Waals surface area contributed by atoms with Gasteiger partial charge in [-0.1, -0.05) is 6.07 Å². The van der Waals surface area contributed by atoms with E-state index in [0.29, 0.717) is 18.9 Å². The second-order valence-corrected chi connectivity index (χ2v) is 7.03. The highest BCUT2D eigenvalue weighted by Gasteiger charge is 2.13. The Morgan fingerprint density at radius 2 is 1.90 bits per heavy atom. The Bertz CT molecular complexity index is 1030. The van der Waals surface area contributed by atoms with E-state index in [4.69, 9.17) is 13.9 Å². The third kappa shape index (κ3) is 5.53. The molecule has 31 heavy (non-hydrogen) atoms. The van der Waals surface area contributed by atoms with Crippen LogP contribution in [-0.2, 0) is 12.8 Å². The number of hydrogen-bond acceptors (Lipinski definition) is 5. The largest absolute Gasteiger partial charge is 0.454 e. The Kier molecular flexibility index (Phi) is 6.66. The number of nitrogens with zero attached hydrogens (tertiary/aromatic N) is 2. The summed E-state index contributed by atoms with van der Waals surface area (Å²) in [6, 6.07) is 12.1. The summed E-state index contributed by atoms with van der Waals surface area (Å²) in [4.78, 5) is 9.07. The molecule has 3 aromatic rings. The number of nitrogens with one attached hydrogen (secondary N) is 2. The maximum atomic E-state index is 13.1. The molecule has 0 saturated heterocycles. The van der Waals surface area contributed by atoms with Crippen LogP contribution in [0.5, 0.6) is 11.5 Å². The summed E-state index contributed by atoms with van der Waals surface area (Å²) in [5.41, 5.74) is 2.72. The Morgan fingerprint density at radius 1 is 1.06 bits per heavy atom. The molecule has 0 aliphatic carbocycles. The van der Waals surface area contributed by atoms with Crippen molar-refractivity contribution in [2.24, 2.45) is 4.99 Å². The molecule has 0 unspecified atom stereocenters. The number of aliphatic imine (C=N–C) groups is 1. The van der Waals surface area contributed by atoms with Crippen molar-refractivity contribution in [1.29, 1.82) is 0 Å². The van der Waals surface area contributed by atoms with Crippen LogP contribution in [0.2, 0.25) is 0 Å². The minimum Gasteiger partial charge on any atom is -0.454 e. The lowest BCUT2D eigenvalue weighted by Crippen LogP contribution is -2.38. The number of benzene rings is 2. The highest BCUT2D eigenvalue weighted by Crippen LogP contribution is 2.32. The van der Waals surface area contributed by atoms with Crippen molar-refractivity contribution in [3.8, 4) is 23.0 Å². The minimum absolute atomic E-state index is 0.283. The summed E-state index contributed by atoms with van der Waals surface area (Å²) in [6.45, 7) is 4.39. The number of rotatable bonds is 8. The monoisotopic (exact) mass is 424 g/mol. The lowest BCUT2D eigenvalue weighted by Gasteiger charge is -2.11. The van der Waals surface area contributed by atoms with Crippen LogP contribution in [0.15, 0.2) is 58.1 Å². The summed E-state index contributed by atoms with van der Waals surface area (Å²) in [5, 5.41) is 6.59. The number of halogens is 1. The van der Waals surface area contributed by atoms with Crippen LogP contribution < -0.4 is 20.1 Å². The highest BCUT2D eigenvalue weighted by atomic mass is 19.1. The van der Waals surface area contributed by atoms with Gasteiger partial charge in [-0.3, -0.25) is 4.99 Å². The van der Waals surface area contributed by atoms with E-state index in [-0.39, 0.29) is 12.6 Å². The van der Waals surface area contributed by atoms with Gasteiger partial charge in [-0.05, 0) is 55.3 Å². The molecule has 2 N–H and O–H groups in total. The predicted octanol–water partition coefficient (Wildman–Crippen LogP) is 3.55. The first-order chi connectivity index (χ1) is 15.2. The molecule has 1 aliphatic rings. The van der Waals surface area contributed by atoms with Crippen molar-refractivity contribution in [2.45, 2.75) is 19.8 Å². The van der Waals surface area contributed by atoms with Gasteiger partial charge >= 0.3 is 0 Å². The van der Waals surface area contributed by atoms with Gasteiger partial charge in [0.1, 0.15) is 12.1 Å². The topological polar surface area (TPSA) is 80.9 Å². The molecule has 0 radical (unpaired) electrons. The van der Waals surface area contributed by atoms with Gasteiger partial charge in [0, 0.05) is 31.6 Å². The lowest BCUT2D eigenvalue weighted by molar-refractivity contribution is 0.174. The molecule has 7 nitrogen and oxygen atoms in total. The summed E-state index contributed by atoms with van der Waals surface area (Å²) in [7, 11) is 0. The first kappa shape index (κ1) is 20.7. The van der Waals surface area contributed by atoms with Crippen LogP contribution in [0.3, 0.4) is 0 Å². The maximum absolute atomic E-state index is 13.1. The first-order valence-electron chi connectivity index (χ1n) is 10.3. The third-order valence-corrected chi connectivity index (χ3v) is 4.77. The molecule has 0 spiro atoms. The predicted molar refractivity (Wildman–Crippen MR) is 116 cm³/mol. The quantitative estimate of drug-likeness (QED) is 0.425. The summed E-state index contributed by atoms with van der Waals surface area (Å²) in [5.74, 6) is 2.54. The van der Waals surface area contributed by atoms with E-state index in [1.54, 1.807) is 18.4 Å². The molecule has 0 bridgehead atoms. The van der Waals surface area contributed by atoms with Crippen LogP contribution in [0.25, 0.3) is 11.5 Å². The van der Waals surface area contributed by atoms with E-state index in [1.165, 1.54) is 17.7 Å². The van der Waals surface area contributed by atoms with Crippen LogP contribution >= 0.6 is 0 Å². The number of oxazole rings is 1. The second-order valence-electron chi connectivity index (χ2n) is 7.03. The average molecular weight is 424 g/mol. The van der Waals surface area contributed by atoms with Crippen molar-refractivity contribution in [3.05, 3.63) is 65.8 Å². The van der Waals surface area contributed by atoms with Gasteiger partial charge in [0.25, 0.3) is 0 Å². The second kappa shape index (κ2) is 9.97. The van der Waals surface area contributed by atoms with E-state index < -0.39 is 0 Å². The molecular weight excluding hydrogens is 399 g/mol. The molecule has 0 fully saturated rings. The number of ether oxygens (including phenoxy) is 2. The number of hydrogen-bond donors (Lipinski definition) is 2. The molecule has 0 amide bonds. The van der Waals surface area contributed by atoms with Crippen molar-refractivity contribution in [1.82, 2.24) is 15.6 Å². The number of aromatic nitrogens is 1. The van der Waals surface area contributed by atoms with Crippen LogP contribution in [0.1, 0.15) is 18.2 Å². The van der Waals surface area contributed by atoms with E-state index in [1.807, 2.05) is 25.1 Å². The van der Waals surface area contributed by atoms with Gasteiger partial charge in [-0.25, -0.2) is 9.37 Å². The summed E-state index contributed by atoms with van der Waals surface area (Å²) >= 11 is 0. The molecule has 162 valence electrons. The highest BCUT2D eigenvalue weighted by molar-refractivity contribution is 5.79. The molecule has 1 aromatic heterocycles. The van der Waals surface area contributed by atoms with Gasteiger partial charge in [-0.15, -0.1) is 0 Å². The standard InChI is InChI=1S/C23H25FN4O3/c1-2-25-23(26-11-9-16-3-8-20-21(13-16)31-15-30-20)27-12-10-19-14-29-22(28-19)17-4-6-18(24)7-5-17/h3-8,13-14H,2,9-12,15H2,1H3,(H2,25,26,27). The van der Waals surface area contributed by atoms with Crippen molar-refractivity contribution >= 4 is 5.96 Å². The fraction of sp³-hybridized carbons (Fsp3) is 0.304. The lowest BCUT2D eigenvalue weighted by atomic mass is 10.1. The fourth-order valence-electron chi connectivity index (χ4n) is 3.19. The number of guanidine groups is 1. The SMILES string of the molecule is CCNC(=NCCc1coc(-c2ccc(F)cc2)n1)NCCc1ccc2c(c1)OCO2. The Labute approximate surface area is 180 Å².